The molecule has 0 aliphatic carbocycles. The van der Waals surface area contributed by atoms with Crippen LogP contribution in [-0.4, -0.2) is 44.3 Å². The Morgan fingerprint density at radius 2 is 1.85 bits per heavy atom. The second-order valence-electron chi connectivity index (χ2n) is 7.17. The maximum absolute atomic E-state index is 12.7. The predicted molar refractivity (Wildman–Crippen MR) is 115 cm³/mol. The van der Waals surface area contributed by atoms with Crippen LogP contribution in [0.4, 0.5) is 23.2 Å². The lowest BCUT2D eigenvalue weighted by atomic mass is 10.1. The van der Waals surface area contributed by atoms with Gasteiger partial charge >= 0.3 is 13.2 Å². The predicted octanol–water partition coefficient (Wildman–Crippen LogP) is 4.45. The van der Waals surface area contributed by atoms with Gasteiger partial charge < -0.3 is 24.8 Å². The van der Waals surface area contributed by atoms with Crippen LogP contribution >= 0.6 is 0 Å². The number of halogens is 4. The fourth-order valence-electron chi connectivity index (χ4n) is 3.26. The zero-order chi connectivity index (χ0) is 24.5. The van der Waals surface area contributed by atoms with E-state index in [0.717, 1.165) is 31.1 Å². The lowest BCUT2D eigenvalue weighted by Crippen LogP contribution is -2.32. The summed E-state index contributed by atoms with van der Waals surface area (Å²) < 4.78 is 64.1. The van der Waals surface area contributed by atoms with Crippen molar-refractivity contribution in [3.8, 4) is 11.5 Å². The number of carbonyl (C=O) groups excluding carboxylic acids is 2. The third-order valence-corrected chi connectivity index (χ3v) is 4.78. The lowest BCUT2D eigenvalue weighted by molar-refractivity contribution is -0.111. The van der Waals surface area contributed by atoms with Crippen molar-refractivity contribution in [2.75, 3.05) is 18.5 Å². The van der Waals surface area contributed by atoms with Gasteiger partial charge in [-0.1, -0.05) is 12.1 Å². The number of rotatable bonds is 10. The van der Waals surface area contributed by atoms with Crippen LogP contribution in [0.3, 0.4) is 0 Å². The van der Waals surface area contributed by atoms with Crippen molar-refractivity contribution < 1.29 is 41.4 Å². The van der Waals surface area contributed by atoms with E-state index in [4.69, 9.17) is 4.74 Å². The number of ether oxygens (including phenoxy) is 3. The van der Waals surface area contributed by atoms with Crippen LogP contribution in [0.15, 0.2) is 48.5 Å². The monoisotopic (exact) mass is 482 g/mol. The highest BCUT2D eigenvalue weighted by Crippen LogP contribution is 2.28. The second-order valence-corrected chi connectivity index (χ2v) is 7.17. The van der Waals surface area contributed by atoms with Gasteiger partial charge in [-0.15, -0.1) is 0 Å². The molecule has 1 aliphatic heterocycles. The molecule has 1 fully saturated rings. The maximum Gasteiger partial charge on any atom is 0.387 e. The highest BCUT2D eigenvalue weighted by Gasteiger charge is 2.18. The minimum Gasteiger partial charge on any atom is -0.435 e. The number of para-hydroxylation sites is 1. The summed E-state index contributed by atoms with van der Waals surface area (Å²) in [6.07, 6.45) is 3.94. The van der Waals surface area contributed by atoms with Crippen LogP contribution in [0.1, 0.15) is 28.8 Å². The SMILES string of the molecule is O=C(/C=C/c1ccc(OC(F)F)cc1OC(F)F)Nc1ccccc1C(=O)NCC1CCCO1. The van der Waals surface area contributed by atoms with Crippen LogP contribution in [-0.2, 0) is 9.53 Å². The largest absolute Gasteiger partial charge is 0.435 e. The summed E-state index contributed by atoms with van der Waals surface area (Å²) in [5, 5.41) is 5.33. The molecule has 34 heavy (non-hydrogen) atoms. The van der Waals surface area contributed by atoms with E-state index in [9.17, 15) is 27.2 Å². The van der Waals surface area contributed by atoms with Crippen molar-refractivity contribution in [2.45, 2.75) is 32.2 Å². The maximum atomic E-state index is 12.7. The number of amides is 2. The molecule has 1 saturated heterocycles. The Hall–Kier alpha value is -3.60. The minimum absolute atomic E-state index is 0.0275. The first-order chi connectivity index (χ1) is 16.3. The van der Waals surface area contributed by atoms with Crippen molar-refractivity contribution >= 4 is 23.6 Å². The molecule has 3 rings (SSSR count). The van der Waals surface area contributed by atoms with Gasteiger partial charge in [-0.05, 0) is 43.2 Å². The van der Waals surface area contributed by atoms with Crippen molar-refractivity contribution in [1.29, 1.82) is 0 Å². The Labute approximate surface area is 192 Å². The van der Waals surface area contributed by atoms with E-state index in [1.807, 2.05) is 0 Å². The molecule has 182 valence electrons. The number of anilines is 1. The molecular formula is C23H22F4N2O5. The van der Waals surface area contributed by atoms with Crippen LogP contribution in [0.25, 0.3) is 6.08 Å². The van der Waals surface area contributed by atoms with Gasteiger partial charge in [0.25, 0.3) is 5.91 Å². The lowest BCUT2D eigenvalue weighted by Gasteiger charge is -2.13. The molecule has 0 spiro atoms. The van der Waals surface area contributed by atoms with Crippen LogP contribution in [0.5, 0.6) is 11.5 Å². The fraction of sp³-hybridized carbons (Fsp3) is 0.304. The third kappa shape index (κ3) is 7.48. The van der Waals surface area contributed by atoms with Gasteiger partial charge in [-0.2, -0.15) is 17.6 Å². The number of nitrogens with one attached hydrogen (secondary N) is 2. The van der Waals surface area contributed by atoms with Gasteiger partial charge in [0.15, 0.2) is 0 Å². The fourth-order valence-corrected chi connectivity index (χ4v) is 3.26. The highest BCUT2D eigenvalue weighted by atomic mass is 19.3. The molecule has 2 amide bonds. The molecule has 1 aliphatic rings. The van der Waals surface area contributed by atoms with E-state index < -0.39 is 30.8 Å². The number of hydrogen-bond donors (Lipinski definition) is 2. The van der Waals surface area contributed by atoms with E-state index in [1.54, 1.807) is 18.2 Å². The minimum atomic E-state index is -3.22. The molecule has 2 aromatic carbocycles. The van der Waals surface area contributed by atoms with Crippen LogP contribution in [0.2, 0.25) is 0 Å². The van der Waals surface area contributed by atoms with Gasteiger partial charge in [-0.3, -0.25) is 9.59 Å². The number of carbonyl (C=O) groups is 2. The standard InChI is InChI=1S/C23H22F4N2O5/c24-22(25)33-15-9-7-14(19(12-15)34-23(26)27)8-10-20(30)29-18-6-2-1-5-17(18)21(31)28-13-16-4-3-11-32-16/h1-2,5-10,12,16,22-23H,3-4,11,13H2,(H,28,31)(H,29,30)/b10-8+. The van der Waals surface area contributed by atoms with Crippen molar-refractivity contribution in [2.24, 2.45) is 0 Å². The quantitative estimate of drug-likeness (QED) is 0.386. The summed E-state index contributed by atoms with van der Waals surface area (Å²) in [5.41, 5.74) is 0.504. The van der Waals surface area contributed by atoms with Gasteiger partial charge in [0.2, 0.25) is 5.91 Å². The van der Waals surface area contributed by atoms with E-state index in [1.165, 1.54) is 18.2 Å². The van der Waals surface area contributed by atoms with Gasteiger partial charge in [0.05, 0.1) is 17.4 Å². The van der Waals surface area contributed by atoms with Gasteiger partial charge in [0, 0.05) is 30.9 Å². The molecule has 11 heteroatoms. The zero-order valence-corrected chi connectivity index (χ0v) is 17.8. The Morgan fingerprint density at radius 3 is 2.56 bits per heavy atom. The van der Waals surface area contributed by atoms with E-state index in [0.29, 0.717) is 13.2 Å². The topological polar surface area (TPSA) is 85.9 Å². The number of hydrogen-bond acceptors (Lipinski definition) is 5. The average Bonchev–Trinajstić information content (AvgIpc) is 3.30. The Balaban J connectivity index is 1.68. The van der Waals surface area contributed by atoms with E-state index in [2.05, 4.69) is 20.1 Å². The summed E-state index contributed by atoms with van der Waals surface area (Å²) in [7, 11) is 0. The van der Waals surface area contributed by atoms with Gasteiger partial charge in [0.1, 0.15) is 11.5 Å². The first-order valence-electron chi connectivity index (χ1n) is 10.3. The van der Waals surface area contributed by atoms with E-state index >= 15 is 0 Å². The molecule has 0 radical (unpaired) electrons. The van der Waals surface area contributed by atoms with Crippen molar-refractivity contribution in [3.63, 3.8) is 0 Å². The summed E-state index contributed by atoms with van der Waals surface area (Å²) in [6, 6.07) is 9.52. The molecule has 2 aromatic rings. The number of benzene rings is 2. The van der Waals surface area contributed by atoms with E-state index in [-0.39, 0.29) is 28.7 Å². The van der Waals surface area contributed by atoms with Crippen LogP contribution < -0.4 is 20.1 Å². The summed E-state index contributed by atoms with van der Waals surface area (Å²) in [6.45, 7) is -5.36. The first-order valence-corrected chi connectivity index (χ1v) is 10.3. The highest BCUT2D eigenvalue weighted by molar-refractivity contribution is 6.07. The van der Waals surface area contributed by atoms with Gasteiger partial charge in [-0.25, -0.2) is 0 Å². The average molecular weight is 482 g/mol. The molecule has 0 saturated carbocycles. The van der Waals surface area contributed by atoms with Crippen LogP contribution in [0, 0.1) is 0 Å². The molecule has 0 bridgehead atoms. The second kappa shape index (κ2) is 12.0. The number of alkyl halides is 4. The normalized spacial score (nSPS) is 15.6. The molecular weight excluding hydrogens is 460 g/mol. The molecule has 1 heterocycles. The summed E-state index contributed by atoms with van der Waals surface area (Å²) in [5.74, 6) is -1.88. The third-order valence-electron chi connectivity index (χ3n) is 4.78. The Kier molecular flexibility index (Phi) is 8.86. The molecule has 1 unspecified atom stereocenters. The zero-order valence-electron chi connectivity index (χ0n) is 17.8. The Morgan fingerprint density at radius 1 is 1.09 bits per heavy atom. The smallest absolute Gasteiger partial charge is 0.387 e. The summed E-state index contributed by atoms with van der Waals surface area (Å²) in [4.78, 5) is 25.0. The first kappa shape index (κ1) is 25.0. The molecule has 0 aromatic heterocycles. The molecule has 2 N–H and O–H groups in total. The van der Waals surface area contributed by atoms with Crippen molar-refractivity contribution in [3.05, 3.63) is 59.7 Å². The Bertz CT molecular complexity index is 1030. The van der Waals surface area contributed by atoms with Crippen molar-refractivity contribution in [1.82, 2.24) is 5.32 Å². The molecule has 7 nitrogen and oxygen atoms in total. The summed E-state index contributed by atoms with van der Waals surface area (Å²) >= 11 is 0. The molecule has 1 atom stereocenters.